The van der Waals surface area contributed by atoms with Crippen LogP contribution in [-0.2, 0) is 9.53 Å². The van der Waals surface area contributed by atoms with E-state index in [2.05, 4.69) is 0 Å². The van der Waals surface area contributed by atoms with E-state index in [0.29, 0.717) is 11.3 Å². The fourth-order valence-corrected chi connectivity index (χ4v) is 3.20. The molecule has 0 radical (unpaired) electrons. The second-order valence-corrected chi connectivity index (χ2v) is 5.85. The number of carbonyl (C=O) groups is 1. The zero-order chi connectivity index (χ0) is 14.4. The SMILES string of the molecule is CCOC(=O)C(O)c1ccccc1OC1CCSCC1. The van der Waals surface area contributed by atoms with Crippen molar-refractivity contribution in [2.75, 3.05) is 18.1 Å². The summed E-state index contributed by atoms with van der Waals surface area (Å²) in [5, 5.41) is 10.1. The molecule has 2 rings (SSSR count). The second-order valence-electron chi connectivity index (χ2n) is 4.62. The summed E-state index contributed by atoms with van der Waals surface area (Å²) < 4.78 is 10.8. The molecule has 20 heavy (non-hydrogen) atoms. The average Bonchev–Trinajstić information content (AvgIpc) is 2.48. The Bertz CT molecular complexity index is 443. The molecular weight excluding hydrogens is 276 g/mol. The van der Waals surface area contributed by atoms with E-state index in [4.69, 9.17) is 9.47 Å². The molecule has 1 aromatic carbocycles. The second kappa shape index (κ2) is 7.55. The van der Waals surface area contributed by atoms with Crippen LogP contribution in [0.5, 0.6) is 5.75 Å². The van der Waals surface area contributed by atoms with E-state index in [1.165, 1.54) is 0 Å². The van der Waals surface area contributed by atoms with Gasteiger partial charge in [0, 0.05) is 5.56 Å². The van der Waals surface area contributed by atoms with Gasteiger partial charge in [-0.25, -0.2) is 4.79 Å². The maximum absolute atomic E-state index is 11.7. The molecule has 110 valence electrons. The lowest BCUT2D eigenvalue weighted by molar-refractivity contribution is -0.153. The van der Waals surface area contributed by atoms with Crippen LogP contribution >= 0.6 is 11.8 Å². The number of carbonyl (C=O) groups excluding carboxylic acids is 1. The Hall–Kier alpha value is -1.20. The van der Waals surface area contributed by atoms with E-state index in [-0.39, 0.29) is 12.7 Å². The Balaban J connectivity index is 2.10. The summed E-state index contributed by atoms with van der Waals surface area (Å²) in [6.45, 7) is 1.96. The van der Waals surface area contributed by atoms with Crippen LogP contribution < -0.4 is 4.74 Å². The summed E-state index contributed by atoms with van der Waals surface area (Å²) in [5.41, 5.74) is 0.476. The highest BCUT2D eigenvalue weighted by atomic mass is 32.2. The lowest BCUT2D eigenvalue weighted by Crippen LogP contribution is -2.24. The van der Waals surface area contributed by atoms with E-state index in [9.17, 15) is 9.90 Å². The van der Waals surface area contributed by atoms with Gasteiger partial charge in [0.15, 0.2) is 6.10 Å². The average molecular weight is 296 g/mol. The molecule has 1 unspecified atom stereocenters. The van der Waals surface area contributed by atoms with Crippen LogP contribution in [0.2, 0.25) is 0 Å². The molecule has 1 saturated heterocycles. The molecule has 1 aliphatic heterocycles. The van der Waals surface area contributed by atoms with Gasteiger partial charge in [0.25, 0.3) is 0 Å². The Morgan fingerprint density at radius 1 is 1.40 bits per heavy atom. The Labute approximate surface area is 123 Å². The van der Waals surface area contributed by atoms with Gasteiger partial charge in [0.05, 0.1) is 6.61 Å². The molecule has 1 aromatic rings. The molecule has 1 atom stereocenters. The maximum atomic E-state index is 11.7. The number of ether oxygens (including phenoxy) is 2. The summed E-state index contributed by atoms with van der Waals surface area (Å²) in [5.74, 6) is 2.12. The number of aliphatic hydroxyl groups excluding tert-OH is 1. The minimum absolute atomic E-state index is 0.159. The fraction of sp³-hybridized carbons (Fsp3) is 0.533. The molecule has 1 fully saturated rings. The van der Waals surface area contributed by atoms with Crippen LogP contribution in [0.25, 0.3) is 0 Å². The smallest absolute Gasteiger partial charge is 0.339 e. The number of rotatable bonds is 5. The number of benzene rings is 1. The van der Waals surface area contributed by atoms with Crippen molar-refractivity contribution in [1.82, 2.24) is 0 Å². The summed E-state index contributed by atoms with van der Waals surface area (Å²) >= 11 is 1.93. The van der Waals surface area contributed by atoms with Gasteiger partial charge in [-0.2, -0.15) is 11.8 Å². The highest BCUT2D eigenvalue weighted by Gasteiger charge is 2.24. The number of esters is 1. The van der Waals surface area contributed by atoms with Crippen molar-refractivity contribution in [1.29, 1.82) is 0 Å². The van der Waals surface area contributed by atoms with Gasteiger partial charge in [0.1, 0.15) is 11.9 Å². The Morgan fingerprint density at radius 2 is 2.10 bits per heavy atom. The highest BCUT2D eigenvalue weighted by Crippen LogP contribution is 2.29. The lowest BCUT2D eigenvalue weighted by atomic mass is 10.1. The molecule has 0 amide bonds. The van der Waals surface area contributed by atoms with Crippen molar-refractivity contribution in [2.45, 2.75) is 32.0 Å². The highest BCUT2D eigenvalue weighted by molar-refractivity contribution is 7.99. The van der Waals surface area contributed by atoms with E-state index in [1.54, 1.807) is 25.1 Å². The van der Waals surface area contributed by atoms with Crippen LogP contribution in [0.15, 0.2) is 24.3 Å². The van der Waals surface area contributed by atoms with Crippen LogP contribution in [0.1, 0.15) is 31.4 Å². The minimum atomic E-state index is -1.29. The zero-order valence-electron chi connectivity index (χ0n) is 11.6. The summed E-state index contributed by atoms with van der Waals surface area (Å²) in [7, 11) is 0. The van der Waals surface area contributed by atoms with Crippen molar-refractivity contribution in [3.63, 3.8) is 0 Å². The first-order valence-electron chi connectivity index (χ1n) is 6.90. The molecule has 1 heterocycles. The Kier molecular flexibility index (Phi) is 5.73. The lowest BCUT2D eigenvalue weighted by Gasteiger charge is -2.24. The standard InChI is InChI=1S/C15H20O4S/c1-2-18-15(17)14(16)12-5-3-4-6-13(12)19-11-7-9-20-10-8-11/h3-6,11,14,16H,2,7-10H2,1H3. The van der Waals surface area contributed by atoms with Crippen molar-refractivity contribution in [3.05, 3.63) is 29.8 Å². The molecule has 4 nitrogen and oxygen atoms in total. The van der Waals surface area contributed by atoms with E-state index in [1.807, 2.05) is 17.8 Å². The van der Waals surface area contributed by atoms with Gasteiger partial charge in [-0.3, -0.25) is 0 Å². The number of thioether (sulfide) groups is 1. The summed E-state index contributed by atoms with van der Waals surface area (Å²) in [6, 6.07) is 7.11. The van der Waals surface area contributed by atoms with Crippen LogP contribution in [0.4, 0.5) is 0 Å². The molecular formula is C15H20O4S. The number of aliphatic hydroxyl groups is 1. The molecule has 1 aliphatic rings. The number of para-hydroxylation sites is 1. The Morgan fingerprint density at radius 3 is 2.80 bits per heavy atom. The fourth-order valence-electron chi connectivity index (χ4n) is 2.14. The normalized spacial score (nSPS) is 17.5. The quantitative estimate of drug-likeness (QED) is 0.846. The maximum Gasteiger partial charge on any atom is 0.339 e. The monoisotopic (exact) mass is 296 g/mol. The van der Waals surface area contributed by atoms with E-state index >= 15 is 0 Å². The van der Waals surface area contributed by atoms with Crippen LogP contribution in [0.3, 0.4) is 0 Å². The van der Waals surface area contributed by atoms with Gasteiger partial charge < -0.3 is 14.6 Å². The molecule has 0 aromatic heterocycles. The third-order valence-corrected chi connectivity index (χ3v) is 4.23. The van der Waals surface area contributed by atoms with Crippen molar-refractivity contribution in [3.8, 4) is 5.75 Å². The third-order valence-electron chi connectivity index (χ3n) is 3.19. The molecule has 0 bridgehead atoms. The van der Waals surface area contributed by atoms with Crippen LogP contribution in [-0.4, -0.2) is 35.3 Å². The van der Waals surface area contributed by atoms with E-state index < -0.39 is 12.1 Å². The van der Waals surface area contributed by atoms with Gasteiger partial charge in [-0.1, -0.05) is 18.2 Å². The van der Waals surface area contributed by atoms with Gasteiger partial charge in [-0.15, -0.1) is 0 Å². The first-order chi connectivity index (χ1) is 9.72. The van der Waals surface area contributed by atoms with Gasteiger partial charge in [0.2, 0.25) is 0 Å². The third kappa shape index (κ3) is 3.90. The van der Waals surface area contributed by atoms with Crippen molar-refractivity contribution < 1.29 is 19.4 Å². The first kappa shape index (κ1) is 15.2. The predicted molar refractivity (Wildman–Crippen MR) is 79.0 cm³/mol. The van der Waals surface area contributed by atoms with Crippen LogP contribution in [0, 0.1) is 0 Å². The zero-order valence-corrected chi connectivity index (χ0v) is 12.4. The number of hydrogen-bond donors (Lipinski definition) is 1. The van der Waals surface area contributed by atoms with Crippen molar-refractivity contribution >= 4 is 17.7 Å². The van der Waals surface area contributed by atoms with Gasteiger partial charge >= 0.3 is 5.97 Å². The van der Waals surface area contributed by atoms with E-state index in [0.717, 1.165) is 24.3 Å². The minimum Gasteiger partial charge on any atom is -0.490 e. The predicted octanol–water partition coefficient (Wildman–Crippen LogP) is 2.56. The molecule has 0 aliphatic carbocycles. The molecule has 5 heteroatoms. The van der Waals surface area contributed by atoms with Gasteiger partial charge in [-0.05, 0) is 37.3 Å². The summed E-state index contributed by atoms with van der Waals surface area (Å²) in [6.07, 6.45) is 0.860. The first-order valence-corrected chi connectivity index (χ1v) is 8.06. The number of hydrogen-bond acceptors (Lipinski definition) is 5. The molecule has 0 saturated carbocycles. The largest absolute Gasteiger partial charge is 0.490 e. The molecule has 0 spiro atoms. The van der Waals surface area contributed by atoms with Crippen molar-refractivity contribution in [2.24, 2.45) is 0 Å². The summed E-state index contributed by atoms with van der Waals surface area (Å²) in [4.78, 5) is 11.7. The topological polar surface area (TPSA) is 55.8 Å². The molecule has 1 N–H and O–H groups in total.